The van der Waals surface area contributed by atoms with Gasteiger partial charge in [0.2, 0.25) is 5.91 Å². The number of likely N-dealkylation sites (tertiary alicyclic amines) is 1. The minimum absolute atomic E-state index is 0.0384. The maximum atomic E-state index is 14.9. The van der Waals surface area contributed by atoms with Crippen LogP contribution in [0.15, 0.2) is 72.8 Å². The van der Waals surface area contributed by atoms with Crippen LogP contribution in [0.5, 0.6) is 0 Å². The summed E-state index contributed by atoms with van der Waals surface area (Å²) in [4.78, 5) is 31.2. The maximum absolute atomic E-state index is 14.9. The molecule has 1 aliphatic heterocycles. The molecule has 3 aromatic carbocycles. The average molecular weight is 692 g/mol. The SMILES string of the molecule is CCCCCN(C(=O)c1cc(C2CCCC2)cc([C@H]2CCCN2C(C)=O)c1)[C@@H](Cc1ccccc1)[C@H](O)CNCc1cccc(C(F)(F)F)c1. The topological polar surface area (TPSA) is 72.9 Å². The molecule has 270 valence electrons. The van der Waals surface area contributed by atoms with Gasteiger partial charge in [0.05, 0.1) is 23.8 Å². The van der Waals surface area contributed by atoms with Crippen LogP contribution in [0.4, 0.5) is 13.2 Å². The molecule has 1 heterocycles. The standard InChI is InChI=1S/C41H52F3N3O3/c1-3-4-10-20-47(40(50)35-25-33(32-16-8-9-17-32)24-34(26-35)37-19-12-21-46(37)29(2)48)38(23-30-13-6-5-7-14-30)39(49)28-45-27-31-15-11-18-36(22-31)41(42,43)44/h5-7,11,13-15,18,22,24-26,32,37-39,45,49H,3-4,8-10,12,16-17,19-21,23,27-28H2,1-2H3/t37-,38+,39-/m1/s1. The average Bonchev–Trinajstić information content (AvgIpc) is 3.83. The van der Waals surface area contributed by atoms with E-state index in [1.165, 1.54) is 6.07 Å². The van der Waals surface area contributed by atoms with Crippen molar-refractivity contribution >= 4 is 11.8 Å². The molecule has 0 unspecified atom stereocenters. The quantitative estimate of drug-likeness (QED) is 0.157. The maximum Gasteiger partial charge on any atom is 0.416 e. The Balaban J connectivity index is 1.46. The van der Waals surface area contributed by atoms with Crippen LogP contribution in [0.3, 0.4) is 0 Å². The Hall–Kier alpha value is -3.69. The largest absolute Gasteiger partial charge is 0.416 e. The summed E-state index contributed by atoms with van der Waals surface area (Å²) in [5.74, 6) is 0.261. The number of hydrogen-bond acceptors (Lipinski definition) is 4. The summed E-state index contributed by atoms with van der Waals surface area (Å²) in [6.07, 6.45) is 3.89. The fourth-order valence-corrected chi connectivity index (χ4v) is 7.76. The first-order chi connectivity index (χ1) is 24.0. The van der Waals surface area contributed by atoms with Gasteiger partial charge in [0.15, 0.2) is 0 Å². The molecule has 0 bridgehead atoms. The van der Waals surface area contributed by atoms with Crippen molar-refractivity contribution in [2.24, 2.45) is 0 Å². The molecular weight excluding hydrogens is 639 g/mol. The molecule has 1 saturated heterocycles. The number of hydrogen-bond donors (Lipinski definition) is 2. The zero-order valence-electron chi connectivity index (χ0n) is 29.4. The molecule has 2 aliphatic rings. The number of nitrogens with zero attached hydrogens (tertiary/aromatic N) is 2. The molecule has 2 amide bonds. The molecule has 0 spiro atoms. The third-order valence-corrected chi connectivity index (χ3v) is 10.4. The van der Waals surface area contributed by atoms with Crippen LogP contribution in [-0.2, 0) is 23.9 Å². The van der Waals surface area contributed by atoms with Crippen molar-refractivity contribution in [3.05, 3.63) is 106 Å². The van der Waals surface area contributed by atoms with E-state index in [0.717, 1.165) is 86.6 Å². The molecule has 5 rings (SSSR count). The van der Waals surface area contributed by atoms with Crippen LogP contribution in [0, 0.1) is 0 Å². The molecule has 1 aliphatic carbocycles. The molecule has 6 nitrogen and oxygen atoms in total. The van der Waals surface area contributed by atoms with Gasteiger partial charge in [0.1, 0.15) is 0 Å². The number of carbonyl (C=O) groups is 2. The Labute approximate surface area is 295 Å². The van der Waals surface area contributed by atoms with Gasteiger partial charge in [-0.1, -0.05) is 87.2 Å². The molecule has 50 heavy (non-hydrogen) atoms. The monoisotopic (exact) mass is 691 g/mol. The summed E-state index contributed by atoms with van der Waals surface area (Å²) in [7, 11) is 0. The van der Waals surface area contributed by atoms with E-state index in [4.69, 9.17) is 0 Å². The fraction of sp³-hybridized carbons (Fsp3) is 0.512. The van der Waals surface area contributed by atoms with Crippen LogP contribution < -0.4 is 5.32 Å². The first-order valence-electron chi connectivity index (χ1n) is 18.4. The van der Waals surface area contributed by atoms with Crippen LogP contribution in [0.2, 0.25) is 0 Å². The van der Waals surface area contributed by atoms with E-state index in [1.54, 1.807) is 13.0 Å². The predicted octanol–water partition coefficient (Wildman–Crippen LogP) is 8.44. The number of unbranched alkanes of at least 4 members (excludes halogenated alkanes) is 2. The first-order valence-corrected chi connectivity index (χ1v) is 18.4. The lowest BCUT2D eigenvalue weighted by atomic mass is 9.90. The number of amides is 2. The zero-order chi connectivity index (χ0) is 35.7. The van der Waals surface area contributed by atoms with Crippen molar-refractivity contribution in [2.45, 2.75) is 115 Å². The Kier molecular flexibility index (Phi) is 13.1. The Morgan fingerprint density at radius 1 is 0.920 bits per heavy atom. The molecule has 2 N–H and O–H groups in total. The lowest BCUT2D eigenvalue weighted by molar-refractivity contribution is -0.137. The van der Waals surface area contributed by atoms with Gasteiger partial charge in [-0.2, -0.15) is 13.2 Å². The van der Waals surface area contributed by atoms with Gasteiger partial charge >= 0.3 is 6.18 Å². The minimum atomic E-state index is -4.44. The van der Waals surface area contributed by atoms with Gasteiger partial charge in [-0.05, 0) is 84.9 Å². The summed E-state index contributed by atoms with van der Waals surface area (Å²) in [5.41, 5.74) is 3.46. The van der Waals surface area contributed by atoms with Gasteiger partial charge in [0, 0.05) is 38.7 Å². The van der Waals surface area contributed by atoms with Crippen molar-refractivity contribution in [1.82, 2.24) is 15.1 Å². The Bertz CT molecular complexity index is 1560. The third kappa shape index (κ3) is 9.75. The van der Waals surface area contributed by atoms with Gasteiger partial charge in [-0.15, -0.1) is 0 Å². The number of aliphatic hydroxyl groups excluding tert-OH is 1. The summed E-state index contributed by atoms with van der Waals surface area (Å²) in [5, 5.41) is 15.0. The van der Waals surface area contributed by atoms with Gasteiger partial charge in [-0.3, -0.25) is 9.59 Å². The second-order valence-corrected chi connectivity index (χ2v) is 14.1. The van der Waals surface area contributed by atoms with Gasteiger partial charge in [-0.25, -0.2) is 0 Å². The van der Waals surface area contributed by atoms with Crippen molar-refractivity contribution in [1.29, 1.82) is 0 Å². The fourth-order valence-electron chi connectivity index (χ4n) is 7.76. The van der Waals surface area contributed by atoms with E-state index in [-0.39, 0.29) is 30.9 Å². The molecule has 0 aromatic heterocycles. The van der Waals surface area contributed by atoms with E-state index in [0.29, 0.717) is 36.6 Å². The number of nitrogens with one attached hydrogen (secondary N) is 1. The van der Waals surface area contributed by atoms with E-state index in [9.17, 15) is 27.9 Å². The highest BCUT2D eigenvalue weighted by Gasteiger charge is 2.34. The Morgan fingerprint density at radius 2 is 1.64 bits per heavy atom. The minimum Gasteiger partial charge on any atom is -0.390 e. The third-order valence-electron chi connectivity index (χ3n) is 10.4. The smallest absolute Gasteiger partial charge is 0.390 e. The Morgan fingerprint density at radius 3 is 2.34 bits per heavy atom. The number of benzene rings is 3. The summed E-state index contributed by atoms with van der Waals surface area (Å²) < 4.78 is 40.0. The lowest BCUT2D eigenvalue weighted by Crippen LogP contribution is -2.51. The number of halogens is 3. The second kappa shape index (κ2) is 17.5. The molecule has 3 aromatic rings. The van der Waals surface area contributed by atoms with Crippen molar-refractivity contribution in [2.75, 3.05) is 19.6 Å². The zero-order valence-corrected chi connectivity index (χ0v) is 29.4. The van der Waals surface area contributed by atoms with Gasteiger partial charge < -0.3 is 20.2 Å². The lowest BCUT2D eigenvalue weighted by Gasteiger charge is -2.36. The number of alkyl halides is 3. The normalized spacial score (nSPS) is 18.0. The molecule has 1 saturated carbocycles. The van der Waals surface area contributed by atoms with E-state index in [2.05, 4.69) is 18.3 Å². The van der Waals surface area contributed by atoms with Gasteiger partial charge in [0.25, 0.3) is 5.91 Å². The highest BCUT2D eigenvalue weighted by atomic mass is 19.4. The van der Waals surface area contributed by atoms with Crippen LogP contribution in [0.25, 0.3) is 0 Å². The van der Waals surface area contributed by atoms with Crippen molar-refractivity contribution < 1.29 is 27.9 Å². The number of aliphatic hydroxyl groups is 1. The van der Waals surface area contributed by atoms with Crippen molar-refractivity contribution in [3.63, 3.8) is 0 Å². The highest BCUT2D eigenvalue weighted by molar-refractivity contribution is 5.95. The van der Waals surface area contributed by atoms with Crippen LogP contribution in [0.1, 0.15) is 122 Å². The van der Waals surface area contributed by atoms with E-state index < -0.39 is 23.9 Å². The van der Waals surface area contributed by atoms with Crippen molar-refractivity contribution in [3.8, 4) is 0 Å². The van der Waals surface area contributed by atoms with E-state index in [1.807, 2.05) is 52.3 Å². The number of rotatable bonds is 15. The summed E-state index contributed by atoms with van der Waals surface area (Å²) in [6.45, 7) is 5.12. The molecular formula is C41H52F3N3O3. The van der Waals surface area contributed by atoms with Crippen LogP contribution >= 0.6 is 0 Å². The number of carbonyl (C=O) groups excluding carboxylic acids is 2. The summed E-state index contributed by atoms with van der Waals surface area (Å²) in [6, 6.07) is 20.5. The molecule has 0 radical (unpaired) electrons. The second-order valence-electron chi connectivity index (χ2n) is 14.1. The predicted molar refractivity (Wildman–Crippen MR) is 191 cm³/mol. The van der Waals surface area contributed by atoms with E-state index >= 15 is 0 Å². The highest BCUT2D eigenvalue weighted by Crippen LogP contribution is 2.39. The first kappa shape index (κ1) is 37.6. The molecule has 2 fully saturated rings. The van der Waals surface area contributed by atoms with Crippen LogP contribution in [-0.4, -0.2) is 58.5 Å². The molecule has 9 heteroatoms. The summed E-state index contributed by atoms with van der Waals surface area (Å²) >= 11 is 0. The molecule has 3 atom stereocenters.